The number of nitrogens with one attached hydrogen (secondary N) is 1. The highest BCUT2D eigenvalue weighted by Gasteiger charge is 2.14. The van der Waals surface area contributed by atoms with Gasteiger partial charge in [0, 0.05) is 28.7 Å². The molecule has 2 atom stereocenters. The van der Waals surface area contributed by atoms with E-state index < -0.39 is 0 Å². The van der Waals surface area contributed by atoms with E-state index in [1.54, 1.807) is 12.1 Å². The van der Waals surface area contributed by atoms with Crippen LogP contribution < -0.4 is 5.32 Å². The van der Waals surface area contributed by atoms with Crippen molar-refractivity contribution in [1.82, 2.24) is 5.32 Å². The van der Waals surface area contributed by atoms with Gasteiger partial charge in [0.15, 0.2) is 0 Å². The lowest BCUT2D eigenvalue weighted by atomic mass is 10.0. The summed E-state index contributed by atoms with van der Waals surface area (Å²) in [6, 6.07) is 12.7. The van der Waals surface area contributed by atoms with Crippen molar-refractivity contribution in [1.29, 1.82) is 0 Å². The molecule has 2 rings (SSSR count). The predicted molar refractivity (Wildman–Crippen MR) is 85.9 cm³/mol. The van der Waals surface area contributed by atoms with Crippen LogP contribution in [0.1, 0.15) is 31.0 Å². The molecule has 0 aliphatic rings. The Hall–Kier alpha value is -1.71. The highest BCUT2D eigenvalue weighted by atomic mass is 35.5. The molecule has 0 spiro atoms. The van der Waals surface area contributed by atoms with Crippen molar-refractivity contribution < 1.29 is 10.2 Å². The SMILES string of the molecule is CC(Cc1cccc(Cl)c1)NC(C)c1ccc(O)cc1O. The van der Waals surface area contributed by atoms with Gasteiger partial charge < -0.3 is 15.5 Å². The molecule has 3 nitrogen and oxygen atoms in total. The fraction of sp³-hybridized carbons (Fsp3) is 0.294. The summed E-state index contributed by atoms with van der Waals surface area (Å²) in [5.41, 5.74) is 1.94. The Balaban J connectivity index is 2.00. The molecule has 2 aromatic carbocycles. The molecule has 0 saturated heterocycles. The zero-order chi connectivity index (χ0) is 15.4. The Bertz CT molecular complexity index is 615. The highest BCUT2D eigenvalue weighted by Crippen LogP contribution is 2.28. The molecule has 2 unspecified atom stereocenters. The number of aromatic hydroxyl groups is 2. The second-order valence-corrected chi connectivity index (χ2v) is 5.80. The third-order valence-corrected chi connectivity index (χ3v) is 3.68. The number of phenols is 2. The van der Waals surface area contributed by atoms with Gasteiger partial charge in [0.1, 0.15) is 11.5 Å². The molecular weight excluding hydrogens is 286 g/mol. The Morgan fingerprint density at radius 2 is 1.86 bits per heavy atom. The fourth-order valence-electron chi connectivity index (χ4n) is 2.49. The quantitative estimate of drug-likeness (QED) is 0.781. The summed E-state index contributed by atoms with van der Waals surface area (Å²) in [6.07, 6.45) is 0.851. The largest absolute Gasteiger partial charge is 0.508 e. The maximum atomic E-state index is 9.88. The van der Waals surface area contributed by atoms with Crippen LogP contribution in [-0.4, -0.2) is 16.3 Å². The maximum absolute atomic E-state index is 9.88. The number of halogens is 1. The van der Waals surface area contributed by atoms with E-state index in [1.165, 1.54) is 11.6 Å². The van der Waals surface area contributed by atoms with Crippen molar-refractivity contribution in [3.63, 3.8) is 0 Å². The molecule has 21 heavy (non-hydrogen) atoms. The fourth-order valence-corrected chi connectivity index (χ4v) is 2.70. The van der Waals surface area contributed by atoms with Crippen LogP contribution >= 0.6 is 11.6 Å². The predicted octanol–water partition coefficient (Wildman–Crippen LogP) is 4.03. The summed E-state index contributed by atoms with van der Waals surface area (Å²) < 4.78 is 0. The van der Waals surface area contributed by atoms with E-state index in [4.69, 9.17) is 11.6 Å². The second-order valence-electron chi connectivity index (χ2n) is 5.37. The average molecular weight is 306 g/mol. The summed E-state index contributed by atoms with van der Waals surface area (Å²) in [7, 11) is 0. The number of benzene rings is 2. The van der Waals surface area contributed by atoms with Crippen LogP contribution in [0.15, 0.2) is 42.5 Å². The third kappa shape index (κ3) is 4.38. The van der Waals surface area contributed by atoms with E-state index in [9.17, 15) is 10.2 Å². The molecule has 0 amide bonds. The molecular formula is C17H20ClNO2. The first-order valence-corrected chi connectivity index (χ1v) is 7.36. The monoisotopic (exact) mass is 305 g/mol. The van der Waals surface area contributed by atoms with Gasteiger partial charge in [-0.25, -0.2) is 0 Å². The van der Waals surface area contributed by atoms with Gasteiger partial charge in [-0.15, -0.1) is 0 Å². The standard InChI is InChI=1S/C17H20ClNO2/c1-11(8-13-4-3-5-14(18)9-13)19-12(2)16-7-6-15(20)10-17(16)21/h3-7,9-12,19-21H,8H2,1-2H3. The van der Waals surface area contributed by atoms with E-state index in [0.717, 1.165) is 17.0 Å². The number of hydrogen-bond acceptors (Lipinski definition) is 3. The average Bonchev–Trinajstić information content (AvgIpc) is 2.38. The molecule has 0 radical (unpaired) electrons. The van der Waals surface area contributed by atoms with E-state index in [1.807, 2.05) is 31.2 Å². The minimum absolute atomic E-state index is 0.0141. The van der Waals surface area contributed by atoms with Crippen LogP contribution in [0.5, 0.6) is 11.5 Å². The molecule has 0 aromatic heterocycles. The minimum Gasteiger partial charge on any atom is -0.508 e. The number of phenolic OH excluding ortho intramolecular Hbond substituents is 2. The number of hydrogen-bond donors (Lipinski definition) is 3. The molecule has 0 aliphatic heterocycles. The first-order valence-electron chi connectivity index (χ1n) is 6.98. The van der Waals surface area contributed by atoms with Gasteiger partial charge in [-0.1, -0.05) is 29.8 Å². The van der Waals surface area contributed by atoms with Crippen LogP contribution in [0.25, 0.3) is 0 Å². The summed E-state index contributed by atoms with van der Waals surface area (Å²) in [5.74, 6) is 0.167. The first-order chi connectivity index (χ1) is 9.95. The molecule has 0 aliphatic carbocycles. The molecule has 0 bridgehead atoms. The first kappa shape index (κ1) is 15.7. The molecule has 0 fully saturated rings. The molecule has 2 aromatic rings. The van der Waals surface area contributed by atoms with Gasteiger partial charge in [-0.2, -0.15) is 0 Å². The summed E-state index contributed by atoms with van der Waals surface area (Å²) in [4.78, 5) is 0. The highest BCUT2D eigenvalue weighted by molar-refractivity contribution is 6.30. The lowest BCUT2D eigenvalue weighted by Gasteiger charge is -2.21. The van der Waals surface area contributed by atoms with Crippen molar-refractivity contribution in [2.75, 3.05) is 0 Å². The topological polar surface area (TPSA) is 52.5 Å². The van der Waals surface area contributed by atoms with Gasteiger partial charge in [0.25, 0.3) is 0 Å². The van der Waals surface area contributed by atoms with E-state index in [0.29, 0.717) is 0 Å². The van der Waals surface area contributed by atoms with Crippen LogP contribution in [-0.2, 0) is 6.42 Å². The van der Waals surface area contributed by atoms with Crippen molar-refractivity contribution in [2.45, 2.75) is 32.4 Å². The number of rotatable bonds is 5. The Kier molecular flexibility index (Phi) is 5.10. The van der Waals surface area contributed by atoms with Crippen molar-refractivity contribution in [3.05, 3.63) is 58.6 Å². The van der Waals surface area contributed by atoms with E-state index in [-0.39, 0.29) is 23.6 Å². The maximum Gasteiger partial charge on any atom is 0.124 e. The van der Waals surface area contributed by atoms with Gasteiger partial charge in [0.05, 0.1) is 0 Å². The zero-order valence-corrected chi connectivity index (χ0v) is 12.9. The molecule has 0 saturated carbocycles. The van der Waals surface area contributed by atoms with E-state index >= 15 is 0 Å². The lowest BCUT2D eigenvalue weighted by molar-refractivity contribution is 0.424. The zero-order valence-electron chi connectivity index (χ0n) is 12.2. The van der Waals surface area contributed by atoms with Crippen LogP contribution in [0, 0.1) is 0 Å². The second kappa shape index (κ2) is 6.83. The molecule has 3 N–H and O–H groups in total. The Morgan fingerprint density at radius 3 is 2.52 bits per heavy atom. The van der Waals surface area contributed by atoms with Crippen molar-refractivity contribution in [2.24, 2.45) is 0 Å². The smallest absolute Gasteiger partial charge is 0.124 e. The summed E-state index contributed by atoms with van der Waals surface area (Å²) in [6.45, 7) is 4.08. The summed E-state index contributed by atoms with van der Waals surface area (Å²) in [5, 5.41) is 23.4. The third-order valence-electron chi connectivity index (χ3n) is 3.45. The normalized spacial score (nSPS) is 13.9. The van der Waals surface area contributed by atoms with Crippen LogP contribution in [0.4, 0.5) is 0 Å². The molecule has 0 heterocycles. The van der Waals surface area contributed by atoms with Crippen molar-refractivity contribution >= 4 is 11.6 Å². The van der Waals surface area contributed by atoms with Crippen molar-refractivity contribution in [3.8, 4) is 11.5 Å². The van der Waals surface area contributed by atoms with Gasteiger partial charge in [-0.3, -0.25) is 0 Å². The van der Waals surface area contributed by atoms with Crippen LogP contribution in [0.3, 0.4) is 0 Å². The molecule has 4 heteroatoms. The van der Waals surface area contributed by atoms with Gasteiger partial charge >= 0.3 is 0 Å². The minimum atomic E-state index is -0.0141. The summed E-state index contributed by atoms with van der Waals surface area (Å²) >= 11 is 5.99. The molecule has 112 valence electrons. The Morgan fingerprint density at radius 1 is 1.10 bits per heavy atom. The van der Waals surface area contributed by atoms with E-state index in [2.05, 4.69) is 12.2 Å². The lowest BCUT2D eigenvalue weighted by Crippen LogP contribution is -2.30. The van der Waals surface area contributed by atoms with Gasteiger partial charge in [-0.05, 0) is 44.0 Å². The van der Waals surface area contributed by atoms with Crippen LogP contribution in [0.2, 0.25) is 5.02 Å². The van der Waals surface area contributed by atoms with Gasteiger partial charge in [0.2, 0.25) is 0 Å². The Labute approximate surface area is 130 Å².